The number of carbonyl (C=O) groups is 1. The zero-order chi connectivity index (χ0) is 7.56. The second-order valence-electron chi connectivity index (χ2n) is 1.95. The molecule has 1 rings (SSSR count). The van der Waals surface area contributed by atoms with E-state index in [4.69, 9.17) is 0 Å². The minimum atomic E-state index is -0.568. The van der Waals surface area contributed by atoms with Crippen LogP contribution in [0.1, 0.15) is 0 Å². The Bertz CT molecular complexity index is 199. The van der Waals surface area contributed by atoms with Gasteiger partial charge in [-0.05, 0) is 6.08 Å². The third-order valence-electron chi connectivity index (χ3n) is 1.19. The molecule has 0 N–H and O–H groups in total. The van der Waals surface area contributed by atoms with Crippen molar-refractivity contribution in [1.29, 1.82) is 0 Å². The van der Waals surface area contributed by atoms with E-state index in [9.17, 15) is 14.9 Å². The predicted octanol–water partition coefficient (Wildman–Crippen LogP) is -0.381. The topological polar surface area (TPSA) is 63.5 Å². The van der Waals surface area contributed by atoms with Gasteiger partial charge >= 0.3 is 0 Å². The number of nitrogens with zero attached hydrogens (tertiary/aromatic N) is 2. The Morgan fingerprint density at radius 1 is 1.70 bits per heavy atom. The van der Waals surface area contributed by atoms with Crippen LogP contribution in [0.3, 0.4) is 0 Å². The fourth-order valence-corrected chi connectivity index (χ4v) is 0.727. The lowest BCUT2D eigenvalue weighted by Gasteiger charge is -2.12. The highest BCUT2D eigenvalue weighted by Crippen LogP contribution is 1.96. The smallest absolute Gasteiger partial charge is 0.180 e. The van der Waals surface area contributed by atoms with Crippen LogP contribution in [0, 0.1) is 10.1 Å². The van der Waals surface area contributed by atoms with Gasteiger partial charge in [0.25, 0.3) is 0 Å². The minimum Gasteiger partial charge on any atom is -0.293 e. The third kappa shape index (κ3) is 1.31. The van der Waals surface area contributed by atoms with Crippen molar-refractivity contribution < 1.29 is 9.83 Å². The van der Waals surface area contributed by atoms with Gasteiger partial charge < -0.3 is 0 Å². The molecule has 54 valence electrons. The molecule has 1 heterocycles. The number of carbonyl (C=O) groups excluding carboxylic acids is 1. The maximum absolute atomic E-state index is 10.5. The zero-order valence-electron chi connectivity index (χ0n) is 5.19. The molecule has 1 aliphatic rings. The van der Waals surface area contributed by atoms with Crippen molar-refractivity contribution in [3.63, 3.8) is 0 Å². The van der Waals surface area contributed by atoms with Crippen molar-refractivity contribution in [2.24, 2.45) is 0 Å². The summed E-state index contributed by atoms with van der Waals surface area (Å²) in [6.45, 7) is 0.113. The van der Waals surface area contributed by atoms with Crippen LogP contribution in [0.4, 0.5) is 0 Å². The van der Waals surface area contributed by atoms with Gasteiger partial charge in [-0.3, -0.25) is 4.79 Å². The molecule has 5 nitrogen and oxygen atoms in total. The Hall–Kier alpha value is -1.39. The summed E-state index contributed by atoms with van der Waals surface area (Å²) in [7, 11) is 0. The third-order valence-corrected chi connectivity index (χ3v) is 1.19. The van der Waals surface area contributed by atoms with Gasteiger partial charge in [-0.2, -0.15) is 0 Å². The first kappa shape index (κ1) is 6.73. The molecule has 0 amide bonds. The Morgan fingerprint density at radius 2 is 2.40 bits per heavy atom. The number of ketones is 1. The van der Waals surface area contributed by atoms with Crippen LogP contribution in [-0.4, -0.2) is 28.9 Å². The lowest BCUT2D eigenvalue weighted by molar-refractivity contribution is -0.650. The first-order chi connectivity index (χ1) is 4.70. The summed E-state index contributed by atoms with van der Waals surface area (Å²) < 4.78 is 0. The van der Waals surface area contributed by atoms with Gasteiger partial charge in [0.15, 0.2) is 10.8 Å². The van der Waals surface area contributed by atoms with E-state index >= 15 is 0 Å². The summed E-state index contributed by atoms with van der Waals surface area (Å²) in [5.74, 6) is -0.219. The van der Waals surface area contributed by atoms with E-state index in [1.54, 1.807) is 0 Å². The van der Waals surface area contributed by atoms with Gasteiger partial charge in [-0.1, -0.05) is 6.08 Å². The van der Waals surface area contributed by atoms with Crippen molar-refractivity contribution in [3.05, 3.63) is 22.3 Å². The molecule has 0 aliphatic carbocycles. The standard InChI is InChI=1S/C5H6N2O3/c8-5-2-1-3-6(4-5)7(9)10/h1-2H,3-4H2. The molecular formula is C5H6N2O3. The maximum atomic E-state index is 10.5. The fourth-order valence-electron chi connectivity index (χ4n) is 0.727. The van der Waals surface area contributed by atoms with Crippen LogP contribution in [0.5, 0.6) is 0 Å². The molecule has 0 saturated carbocycles. The van der Waals surface area contributed by atoms with Gasteiger partial charge in [0, 0.05) is 0 Å². The summed E-state index contributed by atoms with van der Waals surface area (Å²) in [6.07, 6.45) is 2.84. The maximum Gasteiger partial charge on any atom is 0.180 e. The molecule has 1 aliphatic heterocycles. The van der Waals surface area contributed by atoms with E-state index in [1.807, 2.05) is 0 Å². The number of nitro groups is 1. The summed E-state index contributed by atoms with van der Waals surface area (Å²) >= 11 is 0. The van der Waals surface area contributed by atoms with Crippen molar-refractivity contribution in [2.45, 2.75) is 0 Å². The first-order valence-electron chi connectivity index (χ1n) is 2.79. The van der Waals surface area contributed by atoms with Crippen molar-refractivity contribution in [3.8, 4) is 0 Å². The second-order valence-corrected chi connectivity index (χ2v) is 1.95. The van der Waals surface area contributed by atoms with Gasteiger partial charge in [0.05, 0.1) is 6.54 Å². The first-order valence-corrected chi connectivity index (χ1v) is 2.79. The number of rotatable bonds is 1. The molecule has 0 bridgehead atoms. The van der Waals surface area contributed by atoms with E-state index < -0.39 is 5.03 Å². The summed E-state index contributed by atoms with van der Waals surface area (Å²) in [5, 5.41) is 10.3. The molecule has 0 atom stereocenters. The largest absolute Gasteiger partial charge is 0.293 e. The fraction of sp³-hybridized carbons (Fsp3) is 0.400. The molecule has 0 fully saturated rings. The van der Waals surface area contributed by atoms with Gasteiger partial charge in [-0.25, -0.2) is 10.1 Å². The molecule has 10 heavy (non-hydrogen) atoms. The van der Waals surface area contributed by atoms with Crippen LogP contribution in [0.15, 0.2) is 12.2 Å². The molecule has 0 unspecified atom stereocenters. The number of hydrogen-bond acceptors (Lipinski definition) is 3. The molecular weight excluding hydrogens is 136 g/mol. The minimum absolute atomic E-state index is 0.108. The monoisotopic (exact) mass is 142 g/mol. The highest BCUT2D eigenvalue weighted by molar-refractivity contribution is 5.91. The van der Waals surface area contributed by atoms with E-state index in [1.165, 1.54) is 12.2 Å². The average Bonchev–Trinajstić information content (AvgIpc) is 1.88. The van der Waals surface area contributed by atoms with Gasteiger partial charge in [0.2, 0.25) is 0 Å². The Labute approximate surface area is 57.0 Å². The zero-order valence-corrected chi connectivity index (χ0v) is 5.19. The molecule has 0 saturated heterocycles. The SMILES string of the molecule is O=C1C=CCN([N+](=O)[O-])C1. The molecule has 0 aromatic carbocycles. The van der Waals surface area contributed by atoms with Crippen LogP contribution in [0.2, 0.25) is 0 Å². The van der Waals surface area contributed by atoms with Crippen molar-refractivity contribution in [2.75, 3.05) is 13.1 Å². The quantitative estimate of drug-likeness (QED) is 0.369. The second kappa shape index (κ2) is 2.47. The van der Waals surface area contributed by atoms with Crippen LogP contribution >= 0.6 is 0 Å². The van der Waals surface area contributed by atoms with Crippen LogP contribution in [0.25, 0.3) is 0 Å². The lowest BCUT2D eigenvalue weighted by Crippen LogP contribution is -2.37. The van der Waals surface area contributed by atoms with Gasteiger partial charge in [0.1, 0.15) is 6.54 Å². The Kier molecular flexibility index (Phi) is 1.66. The molecule has 0 aromatic heterocycles. The Morgan fingerprint density at radius 3 is 2.80 bits per heavy atom. The molecule has 0 radical (unpaired) electrons. The molecule has 5 heteroatoms. The van der Waals surface area contributed by atoms with E-state index in [-0.39, 0.29) is 18.9 Å². The normalized spacial score (nSPS) is 17.6. The summed E-state index contributed by atoms with van der Waals surface area (Å²) in [6, 6.07) is 0. The van der Waals surface area contributed by atoms with Crippen molar-refractivity contribution >= 4 is 5.78 Å². The lowest BCUT2D eigenvalue weighted by atomic mass is 10.3. The van der Waals surface area contributed by atoms with E-state index in [0.29, 0.717) is 0 Å². The Balaban J connectivity index is 2.60. The molecule has 0 aromatic rings. The number of hydrazine groups is 1. The van der Waals surface area contributed by atoms with Crippen LogP contribution < -0.4 is 0 Å². The van der Waals surface area contributed by atoms with Gasteiger partial charge in [-0.15, -0.1) is 5.01 Å². The average molecular weight is 142 g/mol. The highest BCUT2D eigenvalue weighted by Gasteiger charge is 2.18. The van der Waals surface area contributed by atoms with E-state index in [2.05, 4.69) is 0 Å². The van der Waals surface area contributed by atoms with Crippen LogP contribution in [-0.2, 0) is 4.79 Å². The number of hydrogen-bond donors (Lipinski definition) is 0. The predicted molar refractivity (Wildman–Crippen MR) is 32.7 cm³/mol. The van der Waals surface area contributed by atoms with Crippen molar-refractivity contribution in [1.82, 2.24) is 5.01 Å². The highest BCUT2D eigenvalue weighted by atomic mass is 16.7. The summed E-state index contributed by atoms with van der Waals surface area (Å²) in [5.41, 5.74) is 0. The van der Waals surface area contributed by atoms with E-state index in [0.717, 1.165) is 5.01 Å². The summed E-state index contributed by atoms with van der Waals surface area (Å²) in [4.78, 5) is 20.6. The molecule has 0 spiro atoms.